The SMILES string of the molecule is COC(=O)c1cc(C)c(=O)n(C)c1Cc1ccc(Br)cc1F. The molecule has 0 saturated heterocycles. The number of esters is 1. The van der Waals surface area contributed by atoms with E-state index in [0.717, 1.165) is 0 Å². The monoisotopic (exact) mass is 367 g/mol. The molecule has 0 aliphatic rings. The van der Waals surface area contributed by atoms with Crippen LogP contribution in [0.25, 0.3) is 0 Å². The summed E-state index contributed by atoms with van der Waals surface area (Å²) in [6, 6.07) is 6.16. The summed E-state index contributed by atoms with van der Waals surface area (Å²) in [5.41, 5.74) is 1.29. The van der Waals surface area contributed by atoms with E-state index in [1.54, 1.807) is 26.1 Å². The zero-order valence-corrected chi connectivity index (χ0v) is 14.0. The largest absolute Gasteiger partial charge is 0.465 e. The van der Waals surface area contributed by atoms with Crippen LogP contribution in [0.2, 0.25) is 0 Å². The van der Waals surface area contributed by atoms with Gasteiger partial charge in [-0.1, -0.05) is 22.0 Å². The number of aromatic nitrogens is 1. The van der Waals surface area contributed by atoms with Crippen LogP contribution in [0.5, 0.6) is 0 Å². The molecule has 1 aromatic carbocycles. The minimum absolute atomic E-state index is 0.121. The molecule has 0 fully saturated rings. The molecule has 6 heteroatoms. The average molecular weight is 368 g/mol. The second-order valence-corrected chi connectivity index (χ2v) is 5.87. The summed E-state index contributed by atoms with van der Waals surface area (Å²) in [6.07, 6.45) is 0.121. The molecule has 1 aromatic heterocycles. The molecule has 0 bridgehead atoms. The predicted molar refractivity (Wildman–Crippen MR) is 84.7 cm³/mol. The molecule has 0 N–H and O–H groups in total. The Balaban J connectivity index is 2.60. The first-order valence-electron chi connectivity index (χ1n) is 6.57. The number of benzene rings is 1. The van der Waals surface area contributed by atoms with Crippen molar-refractivity contribution in [3.63, 3.8) is 0 Å². The molecule has 2 rings (SSSR count). The Kier molecular flexibility index (Phi) is 4.81. The number of halogens is 2. The number of aryl methyl sites for hydroxylation is 1. The van der Waals surface area contributed by atoms with Gasteiger partial charge in [0, 0.05) is 29.2 Å². The van der Waals surface area contributed by atoms with Crippen LogP contribution in [0.4, 0.5) is 4.39 Å². The molecule has 0 unspecified atom stereocenters. The topological polar surface area (TPSA) is 48.3 Å². The Labute approximate surface area is 135 Å². The number of hydrogen-bond acceptors (Lipinski definition) is 3. The minimum atomic E-state index is -0.550. The van der Waals surface area contributed by atoms with Crippen LogP contribution in [0.1, 0.15) is 27.2 Å². The van der Waals surface area contributed by atoms with Crippen LogP contribution in [-0.2, 0) is 18.2 Å². The fourth-order valence-electron chi connectivity index (χ4n) is 2.28. The van der Waals surface area contributed by atoms with Crippen molar-refractivity contribution in [1.82, 2.24) is 4.57 Å². The van der Waals surface area contributed by atoms with E-state index in [9.17, 15) is 14.0 Å². The van der Waals surface area contributed by atoms with Gasteiger partial charge in [0.25, 0.3) is 5.56 Å². The van der Waals surface area contributed by atoms with Crippen molar-refractivity contribution in [3.05, 3.63) is 67.3 Å². The van der Waals surface area contributed by atoms with Gasteiger partial charge in [-0.05, 0) is 30.7 Å². The number of ether oxygens (including phenoxy) is 1. The van der Waals surface area contributed by atoms with E-state index in [1.807, 2.05) is 0 Å². The highest BCUT2D eigenvalue weighted by Gasteiger charge is 2.18. The standard InChI is InChI=1S/C16H15BrFNO3/c1-9-6-12(16(21)22-3)14(19(2)15(9)20)7-10-4-5-11(17)8-13(10)18/h4-6,8H,7H2,1-3H3. The predicted octanol–water partition coefficient (Wildman–Crippen LogP) is 2.97. The number of carbonyl (C=O) groups excluding carboxylic acids is 1. The molecular weight excluding hydrogens is 353 g/mol. The molecule has 0 radical (unpaired) electrons. The van der Waals surface area contributed by atoms with Gasteiger partial charge in [0.15, 0.2) is 0 Å². The summed E-state index contributed by atoms with van der Waals surface area (Å²) in [6.45, 7) is 1.62. The zero-order valence-electron chi connectivity index (χ0n) is 12.4. The number of methoxy groups -OCH3 is 1. The normalized spacial score (nSPS) is 10.6. The average Bonchev–Trinajstić information content (AvgIpc) is 2.49. The van der Waals surface area contributed by atoms with Gasteiger partial charge in [0.05, 0.1) is 12.7 Å². The van der Waals surface area contributed by atoms with Gasteiger partial charge < -0.3 is 9.30 Å². The van der Waals surface area contributed by atoms with Gasteiger partial charge in [-0.15, -0.1) is 0 Å². The van der Waals surface area contributed by atoms with Gasteiger partial charge in [-0.2, -0.15) is 0 Å². The molecule has 2 aromatic rings. The van der Waals surface area contributed by atoms with Crippen LogP contribution in [-0.4, -0.2) is 17.6 Å². The Hall–Kier alpha value is -1.95. The van der Waals surface area contributed by atoms with Crippen LogP contribution in [0.3, 0.4) is 0 Å². The second kappa shape index (κ2) is 6.44. The lowest BCUT2D eigenvalue weighted by Crippen LogP contribution is -2.26. The quantitative estimate of drug-likeness (QED) is 0.783. The summed E-state index contributed by atoms with van der Waals surface area (Å²) < 4.78 is 20.8. The molecular formula is C16H15BrFNO3. The first kappa shape index (κ1) is 16.4. The van der Waals surface area contributed by atoms with E-state index in [0.29, 0.717) is 21.3 Å². The summed E-state index contributed by atoms with van der Waals surface area (Å²) in [4.78, 5) is 24.0. The molecule has 1 heterocycles. The van der Waals surface area contributed by atoms with Gasteiger partial charge in [0.1, 0.15) is 5.82 Å². The van der Waals surface area contributed by atoms with Gasteiger partial charge in [0.2, 0.25) is 0 Å². The summed E-state index contributed by atoms with van der Waals surface area (Å²) >= 11 is 3.20. The molecule has 4 nitrogen and oxygen atoms in total. The van der Waals surface area contributed by atoms with Crippen molar-refractivity contribution in [3.8, 4) is 0 Å². The number of rotatable bonds is 3. The third-order valence-corrected chi connectivity index (χ3v) is 3.99. The van der Waals surface area contributed by atoms with Crippen molar-refractivity contribution in [2.75, 3.05) is 7.11 Å². The Morgan fingerprint density at radius 1 is 1.36 bits per heavy atom. The summed E-state index contributed by atoms with van der Waals surface area (Å²) in [7, 11) is 2.83. The number of pyridine rings is 1. The Morgan fingerprint density at radius 2 is 2.05 bits per heavy atom. The van der Waals surface area contributed by atoms with Crippen molar-refractivity contribution < 1.29 is 13.9 Å². The van der Waals surface area contributed by atoms with Gasteiger partial charge in [-0.25, -0.2) is 9.18 Å². The lowest BCUT2D eigenvalue weighted by Gasteiger charge is -2.14. The lowest BCUT2D eigenvalue weighted by molar-refractivity contribution is 0.0598. The molecule has 0 aliphatic carbocycles. The highest BCUT2D eigenvalue weighted by molar-refractivity contribution is 9.10. The maximum absolute atomic E-state index is 14.0. The number of carbonyl (C=O) groups is 1. The van der Waals surface area contributed by atoms with E-state index in [-0.39, 0.29) is 17.5 Å². The first-order chi connectivity index (χ1) is 10.3. The molecule has 0 atom stereocenters. The fourth-order valence-corrected chi connectivity index (χ4v) is 2.61. The molecule has 116 valence electrons. The molecule has 22 heavy (non-hydrogen) atoms. The Morgan fingerprint density at radius 3 is 2.64 bits per heavy atom. The van der Waals surface area contributed by atoms with E-state index < -0.39 is 11.8 Å². The molecule has 0 spiro atoms. The van der Waals surface area contributed by atoms with Crippen molar-refractivity contribution >= 4 is 21.9 Å². The third kappa shape index (κ3) is 3.11. The maximum Gasteiger partial charge on any atom is 0.339 e. The van der Waals surface area contributed by atoms with Gasteiger partial charge >= 0.3 is 5.97 Å². The molecule has 0 saturated carbocycles. The number of nitrogens with zero attached hydrogens (tertiary/aromatic N) is 1. The summed E-state index contributed by atoms with van der Waals surface area (Å²) in [5.74, 6) is -0.954. The van der Waals surface area contributed by atoms with Crippen LogP contribution >= 0.6 is 15.9 Å². The van der Waals surface area contributed by atoms with Crippen molar-refractivity contribution in [2.45, 2.75) is 13.3 Å². The molecule has 0 amide bonds. The van der Waals surface area contributed by atoms with Crippen molar-refractivity contribution in [1.29, 1.82) is 0 Å². The minimum Gasteiger partial charge on any atom is -0.465 e. The zero-order chi connectivity index (χ0) is 16.4. The van der Waals surface area contributed by atoms with E-state index in [4.69, 9.17) is 4.74 Å². The van der Waals surface area contributed by atoms with Crippen LogP contribution < -0.4 is 5.56 Å². The highest BCUT2D eigenvalue weighted by atomic mass is 79.9. The number of hydrogen-bond donors (Lipinski definition) is 0. The van der Waals surface area contributed by atoms with Crippen molar-refractivity contribution in [2.24, 2.45) is 7.05 Å². The van der Waals surface area contributed by atoms with E-state index in [2.05, 4.69) is 15.9 Å². The Bertz CT molecular complexity index is 799. The lowest BCUT2D eigenvalue weighted by atomic mass is 10.0. The summed E-state index contributed by atoms with van der Waals surface area (Å²) in [5, 5.41) is 0. The fraction of sp³-hybridized carbons (Fsp3) is 0.250. The van der Waals surface area contributed by atoms with Crippen LogP contribution in [0, 0.1) is 12.7 Å². The van der Waals surface area contributed by atoms with E-state index in [1.165, 1.54) is 23.8 Å². The molecule has 0 aliphatic heterocycles. The van der Waals surface area contributed by atoms with Gasteiger partial charge in [-0.3, -0.25) is 4.79 Å². The maximum atomic E-state index is 14.0. The van der Waals surface area contributed by atoms with Crippen LogP contribution in [0.15, 0.2) is 33.5 Å². The first-order valence-corrected chi connectivity index (χ1v) is 7.36. The third-order valence-electron chi connectivity index (χ3n) is 3.50. The van der Waals surface area contributed by atoms with E-state index >= 15 is 0 Å². The second-order valence-electron chi connectivity index (χ2n) is 4.96. The highest BCUT2D eigenvalue weighted by Crippen LogP contribution is 2.20. The smallest absolute Gasteiger partial charge is 0.339 e.